The highest BCUT2D eigenvalue weighted by Gasteiger charge is 2.42. The Bertz CT molecular complexity index is 879. The summed E-state index contributed by atoms with van der Waals surface area (Å²) in [5.74, 6) is -0.120. The summed E-state index contributed by atoms with van der Waals surface area (Å²) in [5, 5.41) is 2.04. The van der Waals surface area contributed by atoms with E-state index in [-0.39, 0.29) is 19.2 Å². The fourth-order valence-electron chi connectivity index (χ4n) is 2.84. The molecule has 0 radical (unpaired) electrons. The predicted octanol–water partition coefficient (Wildman–Crippen LogP) is 4.83. The van der Waals surface area contributed by atoms with E-state index in [0.717, 1.165) is 0 Å². The molecule has 2 N–H and O–H groups in total. The lowest BCUT2D eigenvalue weighted by atomic mass is 9.87. The van der Waals surface area contributed by atoms with Gasteiger partial charge in [0.15, 0.2) is 5.60 Å². The van der Waals surface area contributed by atoms with Crippen molar-refractivity contribution in [2.45, 2.75) is 24.6 Å². The van der Waals surface area contributed by atoms with Gasteiger partial charge in [-0.3, -0.25) is 0 Å². The summed E-state index contributed by atoms with van der Waals surface area (Å²) in [6.07, 6.45) is -3.48. The molecular formula is C18H21ClF3N3O5P+. The molecule has 0 saturated heterocycles. The number of alkyl halides is 3. The van der Waals surface area contributed by atoms with Crippen LogP contribution >= 0.6 is 19.9 Å². The predicted molar refractivity (Wildman–Crippen MR) is 107 cm³/mol. The Balaban J connectivity index is 2.27. The number of ether oxygens (including phenoxy) is 2. The van der Waals surface area contributed by atoms with Crippen molar-refractivity contribution in [3.05, 3.63) is 46.7 Å². The van der Waals surface area contributed by atoms with Crippen molar-refractivity contribution in [2.75, 3.05) is 32.8 Å². The maximum atomic E-state index is 12.8. The summed E-state index contributed by atoms with van der Waals surface area (Å²) in [7, 11) is 0.0921. The zero-order valence-electron chi connectivity index (χ0n) is 16.6. The average molecular weight is 483 g/mol. The highest BCUT2D eigenvalue weighted by molar-refractivity contribution is 7.32. The fraction of sp³-hybridized carbons (Fsp3) is 0.444. The molecule has 0 amide bonds. The van der Waals surface area contributed by atoms with Crippen molar-refractivity contribution in [3.63, 3.8) is 0 Å². The number of halogens is 4. The van der Waals surface area contributed by atoms with Gasteiger partial charge in [0, 0.05) is 56.7 Å². The Morgan fingerprint density at radius 3 is 2.16 bits per heavy atom. The number of hydrogen-bond donors (Lipinski definition) is 2. The Labute approximate surface area is 182 Å². The molecule has 0 fully saturated rings. The number of anilines is 2. The van der Waals surface area contributed by atoms with Crippen LogP contribution in [0.2, 0.25) is 5.15 Å². The summed E-state index contributed by atoms with van der Waals surface area (Å²) < 4.78 is 65.4. The normalized spacial score (nSPS) is 12.7. The summed E-state index contributed by atoms with van der Waals surface area (Å²) in [5.41, 5.74) is -1.22. The topological polar surface area (TPSA) is 103 Å². The van der Waals surface area contributed by atoms with Crippen LogP contribution in [0.5, 0.6) is 0 Å². The molecule has 1 aromatic carbocycles. The van der Waals surface area contributed by atoms with E-state index in [2.05, 4.69) is 15.3 Å². The quantitative estimate of drug-likeness (QED) is 0.347. The third kappa shape index (κ3) is 7.06. The molecule has 170 valence electrons. The molecule has 8 nitrogen and oxygen atoms in total. The van der Waals surface area contributed by atoms with Crippen molar-refractivity contribution in [1.82, 2.24) is 9.97 Å². The maximum Gasteiger partial charge on any atom is 0.695 e. The lowest BCUT2D eigenvalue weighted by molar-refractivity contribution is -0.137. The van der Waals surface area contributed by atoms with Gasteiger partial charge in [0.25, 0.3) is 0 Å². The number of methoxy groups -OCH3 is 2. The molecular weight excluding hydrogens is 462 g/mol. The van der Waals surface area contributed by atoms with Gasteiger partial charge in [-0.1, -0.05) is 23.7 Å². The minimum atomic E-state index is -4.65. The third-order valence-corrected chi connectivity index (χ3v) is 5.18. The van der Waals surface area contributed by atoms with E-state index in [1.807, 2.05) is 0 Å². The molecule has 1 aromatic heterocycles. The fourth-order valence-corrected chi connectivity index (χ4v) is 3.66. The molecule has 0 bridgehead atoms. The van der Waals surface area contributed by atoms with Crippen LogP contribution in [0.3, 0.4) is 0 Å². The number of rotatable bonds is 11. The van der Waals surface area contributed by atoms with Crippen molar-refractivity contribution in [2.24, 2.45) is 0 Å². The van der Waals surface area contributed by atoms with Crippen LogP contribution < -0.4 is 5.32 Å². The Morgan fingerprint density at radius 2 is 1.71 bits per heavy atom. The SMILES string of the molecule is COCCC(CCOC)(O[P+](=O)O)c1ccc(Nc2ncc(C(F)(F)F)c(Cl)n2)cc1. The van der Waals surface area contributed by atoms with Crippen LogP contribution in [0.4, 0.5) is 24.8 Å². The van der Waals surface area contributed by atoms with Gasteiger partial charge in [-0.05, 0) is 17.7 Å². The molecule has 0 aliphatic carbocycles. The smallest absolute Gasteiger partial charge is 0.385 e. The van der Waals surface area contributed by atoms with Crippen LogP contribution in [0.1, 0.15) is 24.0 Å². The Kier molecular flexibility index (Phi) is 9.11. The minimum absolute atomic E-state index is 0.120. The first kappa shape index (κ1) is 25.4. The molecule has 0 aliphatic rings. The molecule has 1 heterocycles. The van der Waals surface area contributed by atoms with Crippen molar-refractivity contribution in [3.8, 4) is 0 Å². The van der Waals surface area contributed by atoms with E-state index in [9.17, 15) is 22.6 Å². The second-order valence-electron chi connectivity index (χ2n) is 6.41. The summed E-state index contributed by atoms with van der Waals surface area (Å²) >= 11 is 5.61. The van der Waals surface area contributed by atoms with Crippen LogP contribution in [-0.2, 0) is 30.3 Å². The number of aromatic nitrogens is 2. The van der Waals surface area contributed by atoms with Gasteiger partial charge in [-0.15, -0.1) is 9.42 Å². The number of benzene rings is 1. The lowest BCUT2D eigenvalue weighted by Gasteiger charge is -2.28. The van der Waals surface area contributed by atoms with Crippen LogP contribution in [0.25, 0.3) is 0 Å². The second-order valence-corrected chi connectivity index (χ2v) is 7.42. The van der Waals surface area contributed by atoms with E-state index in [1.54, 1.807) is 24.3 Å². The van der Waals surface area contributed by atoms with Gasteiger partial charge in [0.2, 0.25) is 5.95 Å². The zero-order chi connectivity index (χ0) is 23.1. The molecule has 2 aromatic rings. The summed E-state index contributed by atoms with van der Waals surface area (Å²) in [6.45, 7) is 0.537. The van der Waals surface area contributed by atoms with Gasteiger partial charge in [-0.2, -0.15) is 13.2 Å². The average Bonchev–Trinajstić information content (AvgIpc) is 2.69. The number of nitrogens with zero attached hydrogens (tertiary/aromatic N) is 2. The van der Waals surface area contributed by atoms with E-state index in [0.29, 0.717) is 30.3 Å². The Hall–Kier alpha value is -1.88. The van der Waals surface area contributed by atoms with Crippen molar-refractivity contribution >= 4 is 31.5 Å². The Morgan fingerprint density at radius 1 is 1.13 bits per heavy atom. The lowest BCUT2D eigenvalue weighted by Crippen LogP contribution is -2.31. The maximum absolute atomic E-state index is 12.8. The van der Waals surface area contributed by atoms with Crippen LogP contribution in [0, 0.1) is 0 Å². The van der Waals surface area contributed by atoms with Gasteiger partial charge in [-0.25, -0.2) is 9.97 Å². The third-order valence-electron chi connectivity index (χ3n) is 4.39. The van der Waals surface area contributed by atoms with E-state index in [1.165, 1.54) is 14.2 Å². The monoisotopic (exact) mass is 482 g/mol. The van der Waals surface area contributed by atoms with Crippen LogP contribution in [0.15, 0.2) is 30.5 Å². The summed E-state index contributed by atoms with van der Waals surface area (Å²) in [6, 6.07) is 6.51. The molecule has 1 atom stereocenters. The van der Waals surface area contributed by atoms with Gasteiger partial charge in [0.05, 0.1) is 0 Å². The van der Waals surface area contributed by atoms with Gasteiger partial charge < -0.3 is 14.8 Å². The largest absolute Gasteiger partial charge is 0.695 e. The zero-order valence-corrected chi connectivity index (χ0v) is 18.3. The second kappa shape index (κ2) is 11.1. The van der Waals surface area contributed by atoms with Crippen LogP contribution in [-0.4, -0.2) is 42.3 Å². The first-order valence-electron chi connectivity index (χ1n) is 8.92. The van der Waals surface area contributed by atoms with Gasteiger partial charge in [0.1, 0.15) is 10.7 Å². The molecule has 13 heteroatoms. The van der Waals surface area contributed by atoms with Gasteiger partial charge >= 0.3 is 14.4 Å². The van der Waals surface area contributed by atoms with E-state index < -0.39 is 30.7 Å². The first-order valence-corrected chi connectivity index (χ1v) is 10.4. The van der Waals surface area contributed by atoms with Crippen molar-refractivity contribution < 1.29 is 36.6 Å². The molecule has 2 rings (SSSR count). The standard InChI is InChI=1S/C18H20ClF3N3O5P/c1-28-9-7-17(8-10-29-2,30-31(26)27)12-3-5-13(6-4-12)24-16-23-11-14(15(19)25-16)18(20,21)22/h3-6,11H,7-10H2,1-2H3,(H-,23,24,25,26,27)/p+1. The molecule has 0 aliphatic heterocycles. The van der Waals surface area contributed by atoms with Crippen molar-refractivity contribution in [1.29, 1.82) is 0 Å². The van der Waals surface area contributed by atoms with E-state index >= 15 is 0 Å². The minimum Gasteiger partial charge on any atom is -0.385 e. The summed E-state index contributed by atoms with van der Waals surface area (Å²) in [4.78, 5) is 16.6. The molecule has 1 unspecified atom stereocenters. The number of nitrogens with one attached hydrogen (secondary N) is 1. The molecule has 31 heavy (non-hydrogen) atoms. The highest BCUT2D eigenvalue weighted by atomic mass is 35.5. The molecule has 0 spiro atoms. The molecule has 0 saturated carbocycles. The first-order chi connectivity index (χ1) is 14.6. The number of hydrogen-bond acceptors (Lipinski definition) is 7. The highest BCUT2D eigenvalue weighted by Crippen LogP contribution is 2.41. The van der Waals surface area contributed by atoms with E-state index in [4.69, 9.17) is 25.6 Å².